The van der Waals surface area contributed by atoms with Crippen molar-refractivity contribution in [2.45, 2.75) is 6.54 Å². The van der Waals surface area contributed by atoms with Crippen molar-refractivity contribution >= 4 is 33.2 Å². The predicted octanol–water partition coefficient (Wildman–Crippen LogP) is 2.52. The maximum absolute atomic E-state index is 12.1. The predicted molar refractivity (Wildman–Crippen MR) is 71.0 cm³/mol. The Bertz CT molecular complexity index is 534. The van der Waals surface area contributed by atoms with Crippen molar-refractivity contribution in [3.8, 4) is 0 Å². The lowest BCUT2D eigenvalue weighted by molar-refractivity contribution is 0.0774. The van der Waals surface area contributed by atoms with Gasteiger partial charge in [0.2, 0.25) is 0 Å². The minimum absolute atomic E-state index is 0.0210. The monoisotopic (exact) mass is 313 g/mol. The molecule has 0 aliphatic heterocycles. The highest BCUT2D eigenvalue weighted by atomic mass is 79.9. The summed E-state index contributed by atoms with van der Waals surface area (Å²) in [7, 11) is 3.56. The van der Waals surface area contributed by atoms with Crippen LogP contribution < -0.4 is 0 Å². The molecule has 0 radical (unpaired) electrons. The van der Waals surface area contributed by atoms with Gasteiger partial charge in [0.15, 0.2) is 0 Å². The summed E-state index contributed by atoms with van der Waals surface area (Å²) in [5.74, 6) is -0.0210. The number of aromatic nitrogens is 2. The van der Waals surface area contributed by atoms with E-state index >= 15 is 0 Å². The molecular formula is C11H12BrN3OS. The maximum atomic E-state index is 12.1. The standard InChI is InChI=1S/C11H12BrN3OS/c1-14(6-8-5-10(12)17-7-8)11(16)9-3-4-13-15(9)2/h3-5,7H,6H2,1-2H3. The Morgan fingerprint density at radius 1 is 1.65 bits per heavy atom. The number of amides is 1. The summed E-state index contributed by atoms with van der Waals surface area (Å²) in [5, 5.41) is 6.03. The van der Waals surface area contributed by atoms with Crippen molar-refractivity contribution < 1.29 is 4.79 Å². The van der Waals surface area contributed by atoms with Gasteiger partial charge in [0.1, 0.15) is 5.69 Å². The smallest absolute Gasteiger partial charge is 0.272 e. The highest BCUT2D eigenvalue weighted by Gasteiger charge is 2.15. The maximum Gasteiger partial charge on any atom is 0.272 e. The molecule has 0 atom stereocenters. The fourth-order valence-corrected chi connectivity index (χ4v) is 2.75. The molecule has 90 valence electrons. The number of halogens is 1. The second-order valence-corrected chi connectivity index (χ2v) is 6.05. The second-order valence-electron chi connectivity index (χ2n) is 3.76. The number of hydrogen-bond donors (Lipinski definition) is 0. The van der Waals surface area contributed by atoms with Crippen molar-refractivity contribution in [2.75, 3.05) is 7.05 Å². The molecule has 0 saturated carbocycles. The Kier molecular flexibility index (Phi) is 3.63. The minimum Gasteiger partial charge on any atom is -0.336 e. The Morgan fingerprint density at radius 2 is 2.41 bits per heavy atom. The molecule has 0 aliphatic rings. The van der Waals surface area contributed by atoms with Crippen LogP contribution in [0.4, 0.5) is 0 Å². The molecule has 0 aliphatic carbocycles. The largest absolute Gasteiger partial charge is 0.336 e. The molecule has 2 aromatic rings. The number of rotatable bonds is 3. The van der Waals surface area contributed by atoms with E-state index in [9.17, 15) is 4.79 Å². The van der Waals surface area contributed by atoms with Crippen LogP contribution in [0.2, 0.25) is 0 Å². The van der Waals surface area contributed by atoms with E-state index in [1.165, 1.54) is 0 Å². The lowest BCUT2D eigenvalue weighted by Gasteiger charge is -2.16. The van der Waals surface area contributed by atoms with Crippen molar-refractivity contribution in [3.05, 3.63) is 38.8 Å². The third-order valence-corrected chi connectivity index (χ3v) is 3.98. The molecule has 4 nitrogen and oxygen atoms in total. The molecule has 0 N–H and O–H groups in total. The zero-order valence-corrected chi connectivity index (χ0v) is 12.0. The quantitative estimate of drug-likeness (QED) is 0.873. The van der Waals surface area contributed by atoms with Gasteiger partial charge in [-0.25, -0.2) is 0 Å². The van der Waals surface area contributed by atoms with Gasteiger partial charge in [-0.3, -0.25) is 9.48 Å². The average molecular weight is 314 g/mol. The van der Waals surface area contributed by atoms with E-state index in [1.54, 1.807) is 47.3 Å². The summed E-state index contributed by atoms with van der Waals surface area (Å²) in [5.41, 5.74) is 1.72. The second kappa shape index (κ2) is 5.01. The van der Waals surface area contributed by atoms with E-state index in [4.69, 9.17) is 0 Å². The molecule has 0 bridgehead atoms. The topological polar surface area (TPSA) is 38.1 Å². The van der Waals surface area contributed by atoms with Crippen LogP contribution in [0, 0.1) is 0 Å². The van der Waals surface area contributed by atoms with Crippen LogP contribution in [0.15, 0.2) is 27.5 Å². The van der Waals surface area contributed by atoms with Crippen molar-refractivity contribution in [1.29, 1.82) is 0 Å². The lowest BCUT2D eigenvalue weighted by Crippen LogP contribution is -2.27. The van der Waals surface area contributed by atoms with Gasteiger partial charge in [-0.1, -0.05) is 0 Å². The van der Waals surface area contributed by atoms with Crippen LogP contribution in [0.5, 0.6) is 0 Å². The van der Waals surface area contributed by atoms with Crippen molar-refractivity contribution in [2.24, 2.45) is 7.05 Å². The molecule has 2 aromatic heterocycles. The molecule has 0 fully saturated rings. The molecular weight excluding hydrogens is 302 g/mol. The SMILES string of the molecule is CN(Cc1csc(Br)c1)C(=O)c1ccnn1C. The Morgan fingerprint density at radius 3 is 2.94 bits per heavy atom. The minimum atomic E-state index is -0.0210. The Labute approximate surface area is 112 Å². The number of nitrogens with zero attached hydrogens (tertiary/aromatic N) is 3. The molecule has 0 unspecified atom stereocenters. The highest BCUT2D eigenvalue weighted by molar-refractivity contribution is 9.11. The van der Waals surface area contributed by atoms with E-state index in [1.807, 2.05) is 11.4 Å². The van der Waals surface area contributed by atoms with E-state index in [-0.39, 0.29) is 5.91 Å². The van der Waals surface area contributed by atoms with Crippen LogP contribution in [0.3, 0.4) is 0 Å². The van der Waals surface area contributed by atoms with E-state index in [2.05, 4.69) is 21.0 Å². The van der Waals surface area contributed by atoms with Crippen LogP contribution in [0.1, 0.15) is 16.1 Å². The average Bonchev–Trinajstić information content (AvgIpc) is 2.86. The summed E-state index contributed by atoms with van der Waals surface area (Å²) in [6.07, 6.45) is 1.63. The molecule has 2 heterocycles. The van der Waals surface area contributed by atoms with Gasteiger partial charge in [-0.05, 0) is 39.0 Å². The molecule has 0 spiro atoms. The van der Waals surface area contributed by atoms with Gasteiger partial charge in [-0.2, -0.15) is 5.10 Å². The van der Waals surface area contributed by atoms with Gasteiger partial charge >= 0.3 is 0 Å². The summed E-state index contributed by atoms with van der Waals surface area (Å²) in [4.78, 5) is 13.8. The number of aryl methyl sites for hydroxylation is 1. The van der Waals surface area contributed by atoms with Crippen LogP contribution >= 0.6 is 27.3 Å². The summed E-state index contributed by atoms with van der Waals surface area (Å²) in [6, 6.07) is 3.75. The first-order valence-corrected chi connectivity index (χ1v) is 6.71. The Hall–Kier alpha value is -1.14. The van der Waals surface area contributed by atoms with Gasteiger partial charge in [0.25, 0.3) is 5.91 Å². The van der Waals surface area contributed by atoms with E-state index < -0.39 is 0 Å². The fraction of sp³-hybridized carbons (Fsp3) is 0.273. The zero-order valence-electron chi connectivity index (χ0n) is 9.55. The van der Waals surface area contributed by atoms with Crippen LogP contribution in [-0.2, 0) is 13.6 Å². The molecule has 2 rings (SSSR count). The highest BCUT2D eigenvalue weighted by Crippen LogP contribution is 2.21. The molecule has 17 heavy (non-hydrogen) atoms. The summed E-state index contributed by atoms with van der Waals surface area (Å²) >= 11 is 5.03. The fourth-order valence-electron chi connectivity index (χ4n) is 1.55. The van der Waals surface area contributed by atoms with Crippen molar-refractivity contribution in [1.82, 2.24) is 14.7 Å². The summed E-state index contributed by atoms with van der Waals surface area (Å²) < 4.78 is 2.66. The van der Waals surface area contributed by atoms with Gasteiger partial charge in [0, 0.05) is 26.8 Å². The van der Waals surface area contributed by atoms with E-state index in [0.29, 0.717) is 12.2 Å². The number of carbonyl (C=O) groups excluding carboxylic acids is 1. The van der Waals surface area contributed by atoms with Gasteiger partial charge < -0.3 is 4.90 Å². The molecule has 0 aromatic carbocycles. The molecule has 6 heteroatoms. The molecule has 0 saturated heterocycles. The lowest BCUT2D eigenvalue weighted by atomic mass is 10.3. The van der Waals surface area contributed by atoms with Crippen LogP contribution in [0.25, 0.3) is 0 Å². The third-order valence-electron chi connectivity index (χ3n) is 2.43. The number of carbonyl (C=O) groups is 1. The number of thiophene rings is 1. The normalized spacial score (nSPS) is 10.5. The van der Waals surface area contributed by atoms with E-state index in [0.717, 1.165) is 9.35 Å². The molecule has 1 amide bonds. The van der Waals surface area contributed by atoms with Crippen molar-refractivity contribution in [3.63, 3.8) is 0 Å². The first-order chi connectivity index (χ1) is 8.08. The van der Waals surface area contributed by atoms with Gasteiger partial charge in [0.05, 0.1) is 3.79 Å². The summed E-state index contributed by atoms with van der Waals surface area (Å²) in [6.45, 7) is 0.603. The third kappa shape index (κ3) is 2.76. The number of hydrogen-bond acceptors (Lipinski definition) is 3. The first-order valence-electron chi connectivity index (χ1n) is 5.04. The van der Waals surface area contributed by atoms with Gasteiger partial charge in [-0.15, -0.1) is 11.3 Å². The zero-order chi connectivity index (χ0) is 12.4. The van der Waals surface area contributed by atoms with Crippen LogP contribution in [-0.4, -0.2) is 27.6 Å². The first kappa shape index (κ1) is 12.3. The Balaban J connectivity index is 2.08.